The highest BCUT2D eigenvalue weighted by Crippen LogP contribution is 2.26. The minimum absolute atomic E-state index is 0.0476. The Kier molecular flexibility index (Phi) is 6.54. The van der Waals surface area contributed by atoms with Crippen LogP contribution >= 0.6 is 0 Å². The Morgan fingerprint density at radius 3 is 1.53 bits per heavy atom. The van der Waals surface area contributed by atoms with E-state index in [0.29, 0.717) is 11.4 Å². The number of hydrogen-bond donors (Lipinski definition) is 0. The summed E-state index contributed by atoms with van der Waals surface area (Å²) in [4.78, 5) is 24.4. The van der Waals surface area contributed by atoms with Crippen molar-refractivity contribution in [1.82, 2.24) is 30.3 Å². The van der Waals surface area contributed by atoms with Gasteiger partial charge in [-0.15, -0.1) is 10.2 Å². The summed E-state index contributed by atoms with van der Waals surface area (Å²) in [6, 6.07) is 20.0. The molecule has 0 aliphatic carbocycles. The number of benzene rings is 2. The second-order valence-corrected chi connectivity index (χ2v) is 7.27. The van der Waals surface area contributed by atoms with Gasteiger partial charge < -0.3 is 0 Å². The van der Waals surface area contributed by atoms with Crippen LogP contribution in [0, 0.1) is 0 Å². The van der Waals surface area contributed by atoms with Crippen molar-refractivity contribution >= 4 is 6.16 Å². The zero-order chi connectivity index (χ0) is 22.3. The molecule has 2 unspecified atom stereocenters. The predicted octanol–water partition coefficient (Wildman–Crippen LogP) is 3.63. The van der Waals surface area contributed by atoms with E-state index >= 15 is 0 Å². The lowest BCUT2D eigenvalue weighted by molar-refractivity contribution is 0.0195. The first-order valence-corrected chi connectivity index (χ1v) is 10.5. The minimum Gasteiger partial charge on any atom is -0.280 e. The van der Waals surface area contributed by atoms with E-state index in [0.717, 1.165) is 33.7 Å². The average molecular weight is 432 g/mol. The van der Waals surface area contributed by atoms with E-state index in [4.69, 9.17) is 9.68 Å². The number of carbonyl (C=O) groups excluding carboxylic acids is 1. The van der Waals surface area contributed by atoms with Crippen LogP contribution in [-0.4, -0.2) is 36.5 Å². The van der Waals surface area contributed by atoms with Gasteiger partial charge in [-0.2, -0.15) is 4.79 Å². The third-order valence-electron chi connectivity index (χ3n) is 5.25. The molecule has 2 aromatic carbocycles. The van der Waals surface area contributed by atoms with Crippen LogP contribution < -0.4 is 9.68 Å². The average Bonchev–Trinajstić information content (AvgIpc) is 3.46. The summed E-state index contributed by atoms with van der Waals surface area (Å²) in [5.41, 5.74) is 3.62. The fourth-order valence-electron chi connectivity index (χ4n) is 3.70. The third kappa shape index (κ3) is 4.83. The maximum atomic E-state index is 12.2. The number of hydrogen-bond acceptors (Lipinski definition) is 7. The van der Waals surface area contributed by atoms with Gasteiger partial charge in [0.2, 0.25) is 0 Å². The van der Waals surface area contributed by atoms with Crippen LogP contribution in [0.4, 0.5) is 4.79 Å². The summed E-state index contributed by atoms with van der Waals surface area (Å²) in [7, 11) is 0. The van der Waals surface area contributed by atoms with Gasteiger partial charge in [-0.3, -0.25) is 9.68 Å². The normalized spacial score (nSPS) is 12.8. The Morgan fingerprint density at radius 1 is 0.750 bits per heavy atom. The van der Waals surface area contributed by atoms with Crippen LogP contribution in [0.2, 0.25) is 0 Å². The largest absolute Gasteiger partial charge is 0.562 e. The molecular weight excluding hydrogens is 408 g/mol. The number of aromatic nitrogens is 6. The summed E-state index contributed by atoms with van der Waals surface area (Å²) in [6.45, 7) is 4.13. The van der Waals surface area contributed by atoms with Gasteiger partial charge in [0.1, 0.15) is 0 Å². The van der Waals surface area contributed by atoms with E-state index in [1.165, 1.54) is 0 Å². The Hall–Kier alpha value is -4.01. The van der Waals surface area contributed by atoms with Gasteiger partial charge in [0.25, 0.3) is 0 Å². The summed E-state index contributed by atoms with van der Waals surface area (Å²) >= 11 is 0. The second-order valence-electron chi connectivity index (χ2n) is 7.27. The SMILES string of the molecule is CCC(c1ccccc1)c1cn(OC(=O)On2cc(C(CC)c3ccccc3)nn2)nn1. The molecule has 164 valence electrons. The van der Waals surface area contributed by atoms with E-state index in [9.17, 15) is 4.79 Å². The number of carbonyl (C=O) groups is 1. The van der Waals surface area contributed by atoms with Crippen LogP contribution in [0.25, 0.3) is 0 Å². The smallest absolute Gasteiger partial charge is 0.280 e. The van der Waals surface area contributed by atoms with Gasteiger partial charge in [0.15, 0.2) is 0 Å². The standard InChI is InChI=1S/C23H24N6O3/c1-3-19(17-11-7-5-8-12-17)21-15-28(26-24-21)31-23(30)32-29-16-22(25-27-29)20(4-2)18-13-9-6-10-14-18/h5-16,19-20H,3-4H2,1-2H3. The van der Waals surface area contributed by atoms with Crippen molar-refractivity contribution in [3.63, 3.8) is 0 Å². The Balaban J connectivity index is 1.40. The first-order valence-electron chi connectivity index (χ1n) is 10.5. The van der Waals surface area contributed by atoms with Crippen molar-refractivity contribution in [3.8, 4) is 0 Å². The highest BCUT2D eigenvalue weighted by Gasteiger charge is 2.20. The Morgan fingerprint density at radius 2 is 1.16 bits per heavy atom. The first kappa shape index (κ1) is 21.2. The van der Waals surface area contributed by atoms with Crippen molar-refractivity contribution in [2.45, 2.75) is 38.5 Å². The number of nitrogens with zero attached hydrogens (tertiary/aromatic N) is 6. The van der Waals surface area contributed by atoms with Crippen molar-refractivity contribution in [1.29, 1.82) is 0 Å². The maximum Gasteiger partial charge on any atom is 0.562 e. The lowest BCUT2D eigenvalue weighted by atomic mass is 9.94. The van der Waals surface area contributed by atoms with Crippen LogP contribution in [0.15, 0.2) is 73.1 Å². The molecule has 2 heterocycles. The molecule has 0 aliphatic heterocycles. The molecule has 0 bridgehead atoms. The predicted molar refractivity (Wildman–Crippen MR) is 116 cm³/mol. The summed E-state index contributed by atoms with van der Waals surface area (Å²) in [5.74, 6) is 0.0952. The van der Waals surface area contributed by atoms with E-state index in [1.807, 2.05) is 60.7 Å². The van der Waals surface area contributed by atoms with Gasteiger partial charge in [0.05, 0.1) is 23.8 Å². The van der Waals surface area contributed by atoms with Crippen molar-refractivity contribution < 1.29 is 14.5 Å². The Bertz CT molecular complexity index is 1050. The zero-order valence-corrected chi connectivity index (χ0v) is 17.9. The molecule has 0 saturated heterocycles. The lowest BCUT2D eigenvalue weighted by Gasteiger charge is -2.11. The van der Waals surface area contributed by atoms with E-state index in [1.54, 1.807) is 12.4 Å². The Labute approximate surface area is 185 Å². The molecule has 0 N–H and O–H groups in total. The van der Waals surface area contributed by atoms with Gasteiger partial charge in [-0.05, 0) is 34.4 Å². The molecule has 4 rings (SSSR count). The molecule has 2 atom stereocenters. The minimum atomic E-state index is -1.00. The van der Waals surface area contributed by atoms with Crippen LogP contribution in [0.5, 0.6) is 0 Å². The maximum absolute atomic E-state index is 12.2. The second kappa shape index (κ2) is 9.86. The van der Waals surface area contributed by atoms with Gasteiger partial charge >= 0.3 is 6.16 Å². The number of rotatable bonds is 8. The molecule has 9 nitrogen and oxygen atoms in total. The van der Waals surface area contributed by atoms with Crippen LogP contribution in [-0.2, 0) is 0 Å². The van der Waals surface area contributed by atoms with Gasteiger partial charge in [0, 0.05) is 11.8 Å². The molecule has 9 heteroatoms. The first-order chi connectivity index (χ1) is 15.7. The monoisotopic (exact) mass is 432 g/mol. The van der Waals surface area contributed by atoms with Gasteiger partial charge in [-0.25, -0.2) is 0 Å². The molecule has 0 spiro atoms. The third-order valence-corrected chi connectivity index (χ3v) is 5.25. The van der Waals surface area contributed by atoms with Crippen molar-refractivity contribution in [3.05, 3.63) is 95.6 Å². The molecule has 0 radical (unpaired) electrons. The topological polar surface area (TPSA) is 97.0 Å². The lowest BCUT2D eigenvalue weighted by Crippen LogP contribution is -2.29. The highest BCUT2D eigenvalue weighted by atomic mass is 16.9. The highest BCUT2D eigenvalue weighted by molar-refractivity contribution is 5.60. The molecule has 4 aromatic rings. The molecule has 32 heavy (non-hydrogen) atoms. The fourth-order valence-corrected chi connectivity index (χ4v) is 3.70. The summed E-state index contributed by atoms with van der Waals surface area (Å²) < 4.78 is 0. The van der Waals surface area contributed by atoms with E-state index in [-0.39, 0.29) is 11.8 Å². The van der Waals surface area contributed by atoms with Crippen molar-refractivity contribution in [2.24, 2.45) is 0 Å². The van der Waals surface area contributed by atoms with E-state index in [2.05, 4.69) is 34.5 Å². The van der Waals surface area contributed by atoms with Crippen LogP contribution in [0.3, 0.4) is 0 Å². The molecule has 0 amide bonds. The van der Waals surface area contributed by atoms with E-state index < -0.39 is 6.16 Å². The summed E-state index contributed by atoms with van der Waals surface area (Å²) in [5, 5.41) is 16.0. The molecule has 0 fully saturated rings. The van der Waals surface area contributed by atoms with Crippen molar-refractivity contribution in [2.75, 3.05) is 0 Å². The fraction of sp³-hybridized carbons (Fsp3) is 0.261. The molecule has 0 saturated carbocycles. The summed E-state index contributed by atoms with van der Waals surface area (Å²) in [6.07, 6.45) is 3.79. The quantitative estimate of drug-likeness (QED) is 0.392. The van der Waals surface area contributed by atoms with Crippen LogP contribution in [0.1, 0.15) is 61.0 Å². The molecule has 2 aromatic heterocycles. The molecule has 0 aliphatic rings. The molecular formula is C23H24N6O3. The zero-order valence-electron chi connectivity index (χ0n) is 17.9. The van der Waals surface area contributed by atoms with Gasteiger partial charge in [-0.1, -0.05) is 84.2 Å².